The summed E-state index contributed by atoms with van der Waals surface area (Å²) in [6.07, 6.45) is 0. The van der Waals surface area contributed by atoms with Gasteiger partial charge in [-0.1, -0.05) is 60.7 Å². The fraction of sp³-hybridized carbons (Fsp3) is 0.0435. The molecule has 0 aliphatic heterocycles. The van der Waals surface area contributed by atoms with Crippen LogP contribution in [0.1, 0.15) is 15.9 Å². The van der Waals surface area contributed by atoms with E-state index in [0.717, 1.165) is 27.7 Å². The second kappa shape index (κ2) is 7.00. The van der Waals surface area contributed by atoms with Gasteiger partial charge >= 0.3 is 0 Å². The van der Waals surface area contributed by atoms with Crippen molar-refractivity contribution < 1.29 is 9.18 Å². The van der Waals surface area contributed by atoms with Crippen molar-refractivity contribution in [3.05, 3.63) is 95.8 Å². The molecular formula is C23H17FN2O. The Kier molecular flexibility index (Phi) is 4.38. The zero-order valence-corrected chi connectivity index (χ0v) is 14.7. The molecule has 0 saturated carbocycles. The first-order valence-electron chi connectivity index (χ1n) is 8.66. The number of benzene rings is 3. The molecule has 3 aromatic carbocycles. The number of hydrogen-bond donors (Lipinski definition) is 1. The first-order valence-corrected chi connectivity index (χ1v) is 8.66. The van der Waals surface area contributed by atoms with Crippen LogP contribution in [0, 0.1) is 12.7 Å². The van der Waals surface area contributed by atoms with E-state index in [9.17, 15) is 9.18 Å². The van der Waals surface area contributed by atoms with Crippen LogP contribution >= 0.6 is 0 Å². The van der Waals surface area contributed by atoms with Crippen molar-refractivity contribution in [1.29, 1.82) is 0 Å². The lowest BCUT2D eigenvalue weighted by Crippen LogP contribution is -2.16. The maximum atomic E-state index is 14.0. The van der Waals surface area contributed by atoms with E-state index in [0.29, 0.717) is 5.56 Å². The normalized spacial score (nSPS) is 10.7. The summed E-state index contributed by atoms with van der Waals surface area (Å²) in [5, 5.41) is 3.44. The molecule has 0 atom stereocenters. The molecule has 0 aliphatic carbocycles. The first-order chi connectivity index (χ1) is 13.1. The third kappa shape index (κ3) is 3.17. The molecule has 3 nitrogen and oxygen atoms in total. The molecule has 1 N–H and O–H groups in total. The van der Waals surface area contributed by atoms with E-state index in [1.165, 1.54) is 6.07 Å². The predicted molar refractivity (Wildman–Crippen MR) is 106 cm³/mol. The highest BCUT2D eigenvalue weighted by atomic mass is 19.1. The molecule has 132 valence electrons. The van der Waals surface area contributed by atoms with Crippen molar-refractivity contribution in [2.75, 3.05) is 5.32 Å². The van der Waals surface area contributed by atoms with Crippen molar-refractivity contribution in [1.82, 2.24) is 4.98 Å². The van der Waals surface area contributed by atoms with Crippen LogP contribution in [0.5, 0.6) is 0 Å². The number of nitrogens with zero attached hydrogens (tertiary/aromatic N) is 1. The zero-order valence-electron chi connectivity index (χ0n) is 14.7. The van der Waals surface area contributed by atoms with E-state index in [1.807, 2.05) is 61.5 Å². The average Bonchev–Trinajstić information content (AvgIpc) is 2.70. The number of aromatic nitrogens is 1. The van der Waals surface area contributed by atoms with Crippen LogP contribution < -0.4 is 5.32 Å². The summed E-state index contributed by atoms with van der Waals surface area (Å²) in [6.45, 7) is 1.87. The molecule has 0 saturated heterocycles. The number of rotatable bonds is 3. The van der Waals surface area contributed by atoms with Gasteiger partial charge in [-0.3, -0.25) is 4.79 Å². The fourth-order valence-electron chi connectivity index (χ4n) is 3.22. The van der Waals surface area contributed by atoms with Crippen LogP contribution in [0.2, 0.25) is 0 Å². The summed E-state index contributed by atoms with van der Waals surface area (Å²) in [6, 6.07) is 23.4. The Balaban J connectivity index is 1.89. The van der Waals surface area contributed by atoms with Crippen LogP contribution in [-0.2, 0) is 0 Å². The Labute approximate surface area is 156 Å². The molecule has 4 heteroatoms. The third-order valence-electron chi connectivity index (χ3n) is 4.53. The van der Waals surface area contributed by atoms with E-state index >= 15 is 0 Å². The first kappa shape index (κ1) is 16.9. The molecule has 4 aromatic rings. The number of anilines is 1. The number of halogens is 1. The lowest BCUT2D eigenvalue weighted by molar-refractivity contribution is 0.102. The molecule has 1 heterocycles. The number of carbonyl (C=O) groups excluding carboxylic acids is 1. The van der Waals surface area contributed by atoms with Gasteiger partial charge in [-0.2, -0.15) is 0 Å². The maximum Gasteiger partial charge on any atom is 0.256 e. The number of fused-ring (bicyclic) bond motifs is 1. The molecule has 0 radical (unpaired) electrons. The Morgan fingerprint density at radius 2 is 1.56 bits per heavy atom. The summed E-state index contributed by atoms with van der Waals surface area (Å²) in [7, 11) is 0. The molecule has 1 amide bonds. The minimum Gasteiger partial charge on any atom is -0.319 e. The van der Waals surface area contributed by atoms with Gasteiger partial charge in [0.05, 0.1) is 22.5 Å². The van der Waals surface area contributed by atoms with Gasteiger partial charge in [0, 0.05) is 10.9 Å². The summed E-state index contributed by atoms with van der Waals surface area (Å²) < 4.78 is 14.0. The molecule has 27 heavy (non-hydrogen) atoms. The van der Waals surface area contributed by atoms with Gasteiger partial charge in [0.1, 0.15) is 5.82 Å². The highest BCUT2D eigenvalue weighted by Crippen LogP contribution is 2.30. The van der Waals surface area contributed by atoms with Crippen LogP contribution in [0.4, 0.5) is 10.1 Å². The van der Waals surface area contributed by atoms with E-state index in [2.05, 4.69) is 5.32 Å². The van der Waals surface area contributed by atoms with E-state index in [-0.39, 0.29) is 11.6 Å². The topological polar surface area (TPSA) is 42.0 Å². The number of para-hydroxylation sites is 2. The average molecular weight is 356 g/mol. The van der Waals surface area contributed by atoms with Gasteiger partial charge in [-0.25, -0.2) is 9.37 Å². The fourth-order valence-corrected chi connectivity index (χ4v) is 3.22. The third-order valence-corrected chi connectivity index (χ3v) is 4.53. The Morgan fingerprint density at radius 1 is 0.889 bits per heavy atom. The van der Waals surface area contributed by atoms with Crippen molar-refractivity contribution in [2.24, 2.45) is 0 Å². The van der Waals surface area contributed by atoms with Gasteiger partial charge in [-0.05, 0) is 30.7 Å². The zero-order chi connectivity index (χ0) is 18.8. The second-order valence-corrected chi connectivity index (χ2v) is 6.28. The van der Waals surface area contributed by atoms with Gasteiger partial charge in [-0.15, -0.1) is 0 Å². The van der Waals surface area contributed by atoms with Crippen LogP contribution in [0.15, 0.2) is 78.9 Å². The van der Waals surface area contributed by atoms with Gasteiger partial charge in [0.15, 0.2) is 0 Å². The van der Waals surface area contributed by atoms with Crippen LogP contribution in [-0.4, -0.2) is 10.9 Å². The molecule has 4 rings (SSSR count). The number of amides is 1. The molecule has 1 aromatic heterocycles. The monoisotopic (exact) mass is 356 g/mol. The van der Waals surface area contributed by atoms with E-state index in [4.69, 9.17) is 4.98 Å². The Bertz CT molecular complexity index is 1140. The molecule has 0 aliphatic rings. The van der Waals surface area contributed by atoms with Crippen LogP contribution in [0.25, 0.3) is 22.2 Å². The molecule has 0 fully saturated rings. The summed E-state index contributed by atoms with van der Waals surface area (Å²) >= 11 is 0. The van der Waals surface area contributed by atoms with Crippen molar-refractivity contribution in [3.8, 4) is 11.3 Å². The quantitative estimate of drug-likeness (QED) is 0.519. The van der Waals surface area contributed by atoms with Crippen molar-refractivity contribution in [3.63, 3.8) is 0 Å². The lowest BCUT2D eigenvalue weighted by Gasteiger charge is -2.15. The molecular weight excluding hydrogens is 339 g/mol. The van der Waals surface area contributed by atoms with E-state index < -0.39 is 5.82 Å². The largest absolute Gasteiger partial charge is 0.319 e. The summed E-state index contributed by atoms with van der Waals surface area (Å²) in [5.74, 6) is -0.821. The number of nitrogens with one attached hydrogen (secondary N) is 1. The van der Waals surface area contributed by atoms with Gasteiger partial charge < -0.3 is 5.32 Å². The highest BCUT2D eigenvalue weighted by Gasteiger charge is 2.19. The SMILES string of the molecule is Cc1c(-c2ccccc2)nc2ccccc2c1C(=O)Nc1ccccc1F. The van der Waals surface area contributed by atoms with Gasteiger partial charge in [0.25, 0.3) is 5.91 Å². The number of pyridine rings is 1. The Morgan fingerprint density at radius 3 is 2.33 bits per heavy atom. The number of carbonyl (C=O) groups is 1. The summed E-state index contributed by atoms with van der Waals surface area (Å²) in [5.41, 5.74) is 3.81. The Hall–Kier alpha value is -3.53. The molecule has 0 unspecified atom stereocenters. The minimum atomic E-state index is -0.467. The predicted octanol–water partition coefficient (Wildman–Crippen LogP) is 5.60. The van der Waals surface area contributed by atoms with Gasteiger partial charge in [0.2, 0.25) is 0 Å². The van der Waals surface area contributed by atoms with E-state index in [1.54, 1.807) is 18.2 Å². The van der Waals surface area contributed by atoms with Crippen LogP contribution in [0.3, 0.4) is 0 Å². The van der Waals surface area contributed by atoms with Crippen molar-refractivity contribution >= 4 is 22.5 Å². The lowest BCUT2D eigenvalue weighted by atomic mass is 9.97. The second-order valence-electron chi connectivity index (χ2n) is 6.28. The van der Waals surface area contributed by atoms with Crippen molar-refractivity contribution in [2.45, 2.75) is 6.92 Å². The highest BCUT2D eigenvalue weighted by molar-refractivity contribution is 6.14. The molecule has 0 bridgehead atoms. The maximum absolute atomic E-state index is 14.0. The standard InChI is InChI=1S/C23H17FN2O/c1-15-21(23(27)26-20-14-8-6-12-18(20)24)17-11-5-7-13-19(17)25-22(15)16-9-3-2-4-10-16/h2-14H,1H3,(H,26,27). The minimum absolute atomic E-state index is 0.157. The molecule has 0 spiro atoms. The smallest absolute Gasteiger partial charge is 0.256 e. The summed E-state index contributed by atoms with van der Waals surface area (Å²) in [4.78, 5) is 17.8. The number of hydrogen-bond acceptors (Lipinski definition) is 2.